The van der Waals surface area contributed by atoms with Gasteiger partial charge in [0, 0.05) is 44.7 Å². The lowest BCUT2D eigenvalue weighted by molar-refractivity contribution is -0.0305. The fourth-order valence-corrected chi connectivity index (χ4v) is 2.92. The van der Waals surface area contributed by atoms with Gasteiger partial charge in [-0.3, -0.25) is 0 Å². The van der Waals surface area contributed by atoms with E-state index in [-0.39, 0.29) is 6.10 Å². The van der Waals surface area contributed by atoms with E-state index in [9.17, 15) is 0 Å². The van der Waals surface area contributed by atoms with Gasteiger partial charge in [-0.05, 0) is 25.0 Å². The number of aryl methyl sites for hydroxylation is 1. The molecule has 0 saturated carbocycles. The van der Waals surface area contributed by atoms with E-state index in [0.29, 0.717) is 10.9 Å². The van der Waals surface area contributed by atoms with Crippen molar-refractivity contribution in [1.29, 1.82) is 0 Å². The van der Waals surface area contributed by atoms with Crippen LogP contribution in [0.3, 0.4) is 0 Å². The van der Waals surface area contributed by atoms with Crippen molar-refractivity contribution in [3.63, 3.8) is 0 Å². The van der Waals surface area contributed by atoms with E-state index < -0.39 is 0 Å². The minimum absolute atomic E-state index is 0.0220. The summed E-state index contributed by atoms with van der Waals surface area (Å²) in [7, 11) is 2.00. The monoisotopic (exact) mass is 306 g/mol. The van der Waals surface area contributed by atoms with Gasteiger partial charge in [0.1, 0.15) is 17.7 Å². The van der Waals surface area contributed by atoms with Crippen LogP contribution in [0.5, 0.6) is 0 Å². The molecule has 2 aromatic heterocycles. The molecule has 1 fully saturated rings. The van der Waals surface area contributed by atoms with Crippen molar-refractivity contribution < 1.29 is 4.74 Å². The Labute approximate surface area is 129 Å². The second-order valence-electron chi connectivity index (χ2n) is 5.30. The maximum atomic E-state index is 6.13. The molecule has 0 unspecified atom stereocenters. The first-order valence-corrected chi connectivity index (χ1v) is 7.56. The van der Waals surface area contributed by atoms with Crippen molar-refractivity contribution in [1.82, 2.24) is 14.5 Å². The van der Waals surface area contributed by atoms with Gasteiger partial charge in [0.05, 0.1) is 5.02 Å². The molecule has 1 aliphatic heterocycles. The Bertz CT molecular complexity index is 601. The number of aromatic nitrogens is 3. The van der Waals surface area contributed by atoms with Crippen molar-refractivity contribution >= 4 is 17.4 Å². The smallest absolute Gasteiger partial charge is 0.144 e. The molecule has 1 aliphatic rings. The van der Waals surface area contributed by atoms with Gasteiger partial charge in [0.25, 0.3) is 0 Å². The Morgan fingerprint density at radius 2 is 2.33 bits per heavy atom. The molecule has 2 aromatic rings. The lowest BCUT2D eigenvalue weighted by atomic mass is 9.93. The minimum Gasteiger partial charge on any atom is -0.370 e. The third-order valence-electron chi connectivity index (χ3n) is 3.85. The fraction of sp³-hybridized carbons (Fsp3) is 0.467. The number of ether oxygens (including phenoxy) is 1. The fourth-order valence-electron chi connectivity index (χ4n) is 2.73. The lowest BCUT2D eigenvalue weighted by Gasteiger charge is -2.31. The highest BCUT2D eigenvalue weighted by Gasteiger charge is 2.30. The number of pyridine rings is 1. The van der Waals surface area contributed by atoms with Crippen molar-refractivity contribution in [2.45, 2.75) is 18.9 Å². The van der Waals surface area contributed by atoms with Gasteiger partial charge in [-0.25, -0.2) is 9.97 Å². The second kappa shape index (κ2) is 6.45. The van der Waals surface area contributed by atoms with Crippen LogP contribution in [0.2, 0.25) is 5.02 Å². The molecular formula is C15H19ClN4O. The Morgan fingerprint density at radius 1 is 1.43 bits per heavy atom. The van der Waals surface area contributed by atoms with E-state index in [2.05, 4.69) is 15.3 Å². The van der Waals surface area contributed by atoms with Crippen LogP contribution in [0.1, 0.15) is 24.8 Å². The minimum atomic E-state index is 0.0220. The molecule has 0 bridgehead atoms. The van der Waals surface area contributed by atoms with Gasteiger partial charge in [0.2, 0.25) is 0 Å². The summed E-state index contributed by atoms with van der Waals surface area (Å²) in [6.45, 7) is 1.56. The number of anilines is 1. The quantitative estimate of drug-likeness (QED) is 0.943. The van der Waals surface area contributed by atoms with E-state index in [1.165, 1.54) is 0 Å². The average Bonchev–Trinajstić information content (AvgIpc) is 2.93. The summed E-state index contributed by atoms with van der Waals surface area (Å²) in [4.78, 5) is 8.69. The molecule has 5 nitrogen and oxygen atoms in total. The molecular weight excluding hydrogens is 288 g/mol. The largest absolute Gasteiger partial charge is 0.370 e. The van der Waals surface area contributed by atoms with Gasteiger partial charge in [-0.1, -0.05) is 11.6 Å². The predicted molar refractivity (Wildman–Crippen MR) is 82.4 cm³/mol. The van der Waals surface area contributed by atoms with E-state index in [4.69, 9.17) is 16.3 Å². The topological polar surface area (TPSA) is 52.0 Å². The SMILES string of the molecule is Cn1ccnc1[C@@H]1OCCC[C@H]1CNc1ncccc1Cl. The molecule has 6 heteroatoms. The van der Waals surface area contributed by atoms with E-state index in [1.54, 1.807) is 6.20 Å². The van der Waals surface area contributed by atoms with Gasteiger partial charge >= 0.3 is 0 Å². The van der Waals surface area contributed by atoms with Gasteiger partial charge in [0.15, 0.2) is 0 Å². The number of hydrogen-bond acceptors (Lipinski definition) is 4. The Kier molecular flexibility index (Phi) is 4.41. The zero-order valence-corrected chi connectivity index (χ0v) is 12.8. The van der Waals surface area contributed by atoms with Crippen molar-refractivity contribution in [2.24, 2.45) is 13.0 Å². The highest BCUT2D eigenvalue weighted by molar-refractivity contribution is 6.32. The number of nitrogens with zero attached hydrogens (tertiary/aromatic N) is 3. The third-order valence-corrected chi connectivity index (χ3v) is 4.15. The molecule has 0 aromatic carbocycles. The Balaban J connectivity index is 1.71. The highest BCUT2D eigenvalue weighted by atomic mass is 35.5. The number of nitrogens with one attached hydrogen (secondary N) is 1. The molecule has 2 atom stereocenters. The van der Waals surface area contributed by atoms with Crippen LogP contribution in [0.25, 0.3) is 0 Å². The lowest BCUT2D eigenvalue weighted by Crippen LogP contribution is -2.30. The van der Waals surface area contributed by atoms with E-state index in [1.807, 2.05) is 36.1 Å². The number of rotatable bonds is 4. The second-order valence-corrected chi connectivity index (χ2v) is 5.71. The van der Waals surface area contributed by atoms with Gasteiger partial charge < -0.3 is 14.6 Å². The number of imidazole rings is 1. The van der Waals surface area contributed by atoms with Crippen LogP contribution in [0.4, 0.5) is 5.82 Å². The first-order chi connectivity index (χ1) is 10.3. The van der Waals surface area contributed by atoms with Crippen molar-refractivity contribution in [3.05, 3.63) is 41.6 Å². The predicted octanol–water partition coefficient (Wildman–Crippen LogP) is 3.05. The van der Waals surface area contributed by atoms with E-state index in [0.717, 1.165) is 37.6 Å². The summed E-state index contributed by atoms with van der Waals surface area (Å²) in [5, 5.41) is 3.98. The summed E-state index contributed by atoms with van der Waals surface area (Å²) in [5.41, 5.74) is 0. The van der Waals surface area contributed by atoms with Crippen LogP contribution >= 0.6 is 11.6 Å². The zero-order valence-electron chi connectivity index (χ0n) is 12.0. The molecule has 0 radical (unpaired) electrons. The molecule has 3 rings (SSSR count). The van der Waals surface area contributed by atoms with Gasteiger partial charge in [-0.2, -0.15) is 0 Å². The normalized spacial score (nSPS) is 22.2. The zero-order chi connectivity index (χ0) is 14.7. The summed E-state index contributed by atoms with van der Waals surface area (Å²) in [6.07, 6.45) is 7.70. The number of hydrogen-bond donors (Lipinski definition) is 1. The summed E-state index contributed by atoms with van der Waals surface area (Å²) in [5.74, 6) is 2.06. The van der Waals surface area contributed by atoms with Crippen LogP contribution in [-0.2, 0) is 11.8 Å². The van der Waals surface area contributed by atoms with Crippen LogP contribution < -0.4 is 5.32 Å². The van der Waals surface area contributed by atoms with Crippen molar-refractivity contribution in [3.8, 4) is 0 Å². The van der Waals surface area contributed by atoms with Crippen LogP contribution in [-0.4, -0.2) is 27.7 Å². The third kappa shape index (κ3) is 3.19. The summed E-state index contributed by atoms with van der Waals surface area (Å²) < 4.78 is 7.98. The molecule has 3 heterocycles. The first kappa shape index (κ1) is 14.4. The summed E-state index contributed by atoms with van der Waals surface area (Å²) >= 11 is 6.13. The maximum Gasteiger partial charge on any atom is 0.144 e. The highest BCUT2D eigenvalue weighted by Crippen LogP contribution is 2.33. The molecule has 21 heavy (non-hydrogen) atoms. The van der Waals surface area contributed by atoms with Gasteiger partial charge in [-0.15, -0.1) is 0 Å². The molecule has 112 valence electrons. The van der Waals surface area contributed by atoms with E-state index >= 15 is 0 Å². The number of halogens is 1. The molecule has 0 aliphatic carbocycles. The standard InChI is InChI=1S/C15H19ClN4O/c1-20-8-7-18-15(20)13-11(4-3-9-21-13)10-19-14-12(16)5-2-6-17-14/h2,5-8,11,13H,3-4,9-10H2,1H3,(H,17,19)/t11-,13+/m0/s1. The average molecular weight is 307 g/mol. The summed E-state index contributed by atoms with van der Waals surface area (Å²) in [6, 6.07) is 3.67. The molecule has 1 N–H and O–H groups in total. The maximum absolute atomic E-state index is 6.13. The van der Waals surface area contributed by atoms with Crippen LogP contribution in [0, 0.1) is 5.92 Å². The van der Waals surface area contributed by atoms with Crippen molar-refractivity contribution in [2.75, 3.05) is 18.5 Å². The first-order valence-electron chi connectivity index (χ1n) is 7.19. The molecule has 1 saturated heterocycles. The Hall–Kier alpha value is -1.59. The Morgan fingerprint density at radius 3 is 3.10 bits per heavy atom. The van der Waals surface area contributed by atoms with Crippen LogP contribution in [0.15, 0.2) is 30.7 Å². The molecule has 0 spiro atoms. The molecule has 0 amide bonds.